The maximum absolute atomic E-state index is 8.96. The van der Waals surface area contributed by atoms with Gasteiger partial charge in [-0.15, -0.1) is 11.3 Å². The number of nitriles is 1. The molecular weight excluding hydrogens is 266 g/mol. The van der Waals surface area contributed by atoms with Crippen molar-refractivity contribution in [3.63, 3.8) is 0 Å². The molecule has 0 aliphatic heterocycles. The first-order valence-electron chi connectivity index (χ1n) is 5.37. The molecule has 88 valence electrons. The average Bonchev–Trinajstić information content (AvgIpc) is 2.97. The van der Waals surface area contributed by atoms with E-state index in [0.717, 1.165) is 21.9 Å². The van der Waals surface area contributed by atoms with E-state index in [2.05, 4.69) is 11.1 Å². The van der Waals surface area contributed by atoms with Gasteiger partial charge in [0.1, 0.15) is 11.3 Å². The van der Waals surface area contributed by atoms with E-state index in [1.54, 1.807) is 23.5 Å². The van der Waals surface area contributed by atoms with Crippen LogP contribution in [0.4, 0.5) is 0 Å². The van der Waals surface area contributed by atoms with E-state index in [9.17, 15) is 0 Å². The molecule has 3 aromatic rings. The third kappa shape index (κ3) is 1.78. The molecule has 18 heavy (non-hydrogen) atoms. The fraction of sp³-hybridized carbons (Fsp3) is 0.0769. The van der Waals surface area contributed by atoms with Crippen LogP contribution in [0.2, 0.25) is 5.02 Å². The Morgan fingerprint density at radius 1 is 1.44 bits per heavy atom. The summed E-state index contributed by atoms with van der Waals surface area (Å²) in [6.45, 7) is 0. The number of aromatic nitrogens is 2. The highest BCUT2D eigenvalue weighted by Gasteiger charge is 2.14. The maximum Gasteiger partial charge on any atom is 0.139 e. The van der Waals surface area contributed by atoms with Crippen LogP contribution in [0, 0.1) is 11.3 Å². The molecule has 0 unspecified atom stereocenters. The number of pyridine rings is 1. The monoisotopic (exact) mass is 273 g/mol. The fourth-order valence-corrected chi connectivity index (χ4v) is 2.81. The normalized spacial score (nSPS) is 10.7. The molecule has 0 fully saturated rings. The van der Waals surface area contributed by atoms with Crippen molar-refractivity contribution >= 4 is 28.6 Å². The van der Waals surface area contributed by atoms with Crippen molar-refractivity contribution in [1.82, 2.24) is 9.38 Å². The van der Waals surface area contributed by atoms with E-state index in [4.69, 9.17) is 16.9 Å². The first-order valence-corrected chi connectivity index (χ1v) is 6.62. The first kappa shape index (κ1) is 11.3. The van der Waals surface area contributed by atoms with Crippen molar-refractivity contribution in [1.29, 1.82) is 5.26 Å². The molecule has 0 amide bonds. The van der Waals surface area contributed by atoms with E-state index in [1.807, 2.05) is 28.1 Å². The molecule has 0 N–H and O–H groups in total. The van der Waals surface area contributed by atoms with Crippen molar-refractivity contribution in [3.05, 3.63) is 46.6 Å². The zero-order valence-corrected chi connectivity index (χ0v) is 10.9. The van der Waals surface area contributed by atoms with Crippen LogP contribution in [0.1, 0.15) is 5.69 Å². The van der Waals surface area contributed by atoms with Gasteiger partial charge in [-0.05, 0) is 17.5 Å². The second-order valence-electron chi connectivity index (χ2n) is 3.79. The van der Waals surface area contributed by atoms with Crippen LogP contribution in [0.3, 0.4) is 0 Å². The fourth-order valence-electron chi connectivity index (χ4n) is 1.93. The Kier molecular flexibility index (Phi) is 2.78. The van der Waals surface area contributed by atoms with Crippen molar-refractivity contribution < 1.29 is 0 Å². The third-order valence-corrected chi connectivity index (χ3v) is 3.80. The maximum atomic E-state index is 8.96. The molecule has 3 nitrogen and oxygen atoms in total. The van der Waals surface area contributed by atoms with Gasteiger partial charge in [0.25, 0.3) is 0 Å². The van der Waals surface area contributed by atoms with Gasteiger partial charge in [-0.2, -0.15) is 5.26 Å². The largest absolute Gasteiger partial charge is 0.302 e. The molecule has 3 heterocycles. The van der Waals surface area contributed by atoms with E-state index >= 15 is 0 Å². The highest BCUT2D eigenvalue weighted by Crippen LogP contribution is 2.29. The van der Waals surface area contributed by atoms with E-state index < -0.39 is 0 Å². The Bertz CT molecular complexity index is 738. The lowest BCUT2D eigenvalue weighted by Gasteiger charge is -1.99. The summed E-state index contributed by atoms with van der Waals surface area (Å²) in [5, 5.41) is 11.6. The Labute approximate surface area is 113 Å². The summed E-state index contributed by atoms with van der Waals surface area (Å²) < 4.78 is 1.92. The van der Waals surface area contributed by atoms with Gasteiger partial charge in [-0.3, -0.25) is 0 Å². The Morgan fingerprint density at radius 3 is 3.06 bits per heavy atom. The van der Waals surface area contributed by atoms with Crippen molar-refractivity contribution in [3.8, 4) is 16.6 Å². The second kappa shape index (κ2) is 4.45. The van der Waals surface area contributed by atoms with E-state index in [1.165, 1.54) is 0 Å². The van der Waals surface area contributed by atoms with Gasteiger partial charge < -0.3 is 4.40 Å². The first-order chi connectivity index (χ1) is 8.79. The number of halogens is 1. The minimum Gasteiger partial charge on any atom is -0.302 e. The molecule has 5 heteroatoms. The van der Waals surface area contributed by atoms with Gasteiger partial charge >= 0.3 is 0 Å². The molecule has 0 saturated carbocycles. The molecule has 3 aromatic heterocycles. The summed E-state index contributed by atoms with van der Waals surface area (Å²) in [7, 11) is 0. The second-order valence-corrected chi connectivity index (χ2v) is 5.18. The number of hydrogen-bond acceptors (Lipinski definition) is 3. The lowest BCUT2D eigenvalue weighted by atomic mass is 10.2. The summed E-state index contributed by atoms with van der Waals surface area (Å²) in [4.78, 5) is 5.64. The van der Waals surface area contributed by atoms with Crippen LogP contribution in [-0.4, -0.2) is 9.38 Å². The van der Waals surface area contributed by atoms with E-state index in [-0.39, 0.29) is 0 Å². The number of hydrogen-bond donors (Lipinski definition) is 0. The molecule has 0 radical (unpaired) electrons. The van der Waals surface area contributed by atoms with Gasteiger partial charge in [-0.25, -0.2) is 4.98 Å². The molecule has 0 bridgehead atoms. The van der Waals surface area contributed by atoms with Crippen molar-refractivity contribution in [2.75, 3.05) is 0 Å². The lowest BCUT2D eigenvalue weighted by molar-refractivity contribution is 1.06. The number of rotatable bonds is 2. The van der Waals surface area contributed by atoms with Crippen LogP contribution < -0.4 is 0 Å². The number of nitrogens with zero attached hydrogens (tertiary/aromatic N) is 3. The van der Waals surface area contributed by atoms with E-state index in [0.29, 0.717) is 11.4 Å². The highest BCUT2D eigenvalue weighted by molar-refractivity contribution is 7.13. The smallest absolute Gasteiger partial charge is 0.139 e. The van der Waals surface area contributed by atoms with Crippen molar-refractivity contribution in [2.24, 2.45) is 0 Å². The average molecular weight is 274 g/mol. The molecule has 0 aliphatic carbocycles. The SMILES string of the molecule is N#CCc1c(-c2cccs2)nc2cc(Cl)ccn12. The zero-order chi connectivity index (χ0) is 12.5. The predicted molar refractivity (Wildman–Crippen MR) is 72.8 cm³/mol. The number of fused-ring (bicyclic) bond motifs is 1. The predicted octanol–water partition coefficient (Wildman–Crippen LogP) is 3.78. The van der Waals surface area contributed by atoms with Gasteiger partial charge in [0.2, 0.25) is 0 Å². The van der Waals surface area contributed by atoms with Crippen LogP contribution >= 0.6 is 22.9 Å². The molecule has 0 spiro atoms. The summed E-state index contributed by atoms with van der Waals surface area (Å²) >= 11 is 7.58. The minimum absolute atomic E-state index is 0.329. The van der Waals surface area contributed by atoms with Gasteiger partial charge in [0.05, 0.1) is 23.1 Å². The number of imidazole rings is 1. The molecule has 3 rings (SSSR count). The molecule has 0 atom stereocenters. The standard InChI is InChI=1S/C13H8ClN3S/c14-9-4-6-17-10(3-5-15)13(16-12(17)8-9)11-2-1-7-18-11/h1-2,4,6-8H,3H2. The molecule has 0 aromatic carbocycles. The van der Waals surface area contributed by atoms with Gasteiger partial charge in [-0.1, -0.05) is 17.7 Å². The lowest BCUT2D eigenvalue weighted by Crippen LogP contribution is -1.92. The highest BCUT2D eigenvalue weighted by atomic mass is 35.5. The quantitative estimate of drug-likeness (QED) is 0.713. The Morgan fingerprint density at radius 2 is 2.33 bits per heavy atom. The Hall–Kier alpha value is -1.83. The number of thiophene rings is 1. The molecule has 0 saturated heterocycles. The summed E-state index contributed by atoms with van der Waals surface area (Å²) in [6, 6.07) is 9.78. The minimum atomic E-state index is 0.329. The summed E-state index contributed by atoms with van der Waals surface area (Å²) in [5.41, 5.74) is 2.55. The zero-order valence-electron chi connectivity index (χ0n) is 9.30. The van der Waals surface area contributed by atoms with Crippen LogP contribution in [0.25, 0.3) is 16.2 Å². The third-order valence-electron chi connectivity index (χ3n) is 2.69. The molecular formula is C13H8ClN3S. The van der Waals surface area contributed by atoms with Gasteiger partial charge in [0.15, 0.2) is 0 Å². The van der Waals surface area contributed by atoms with Crippen LogP contribution in [0.5, 0.6) is 0 Å². The van der Waals surface area contributed by atoms with Crippen molar-refractivity contribution in [2.45, 2.75) is 6.42 Å². The molecule has 0 aliphatic rings. The van der Waals surface area contributed by atoms with Gasteiger partial charge in [0, 0.05) is 17.3 Å². The topological polar surface area (TPSA) is 41.1 Å². The summed E-state index contributed by atoms with van der Waals surface area (Å²) in [5.74, 6) is 0. The Balaban J connectivity index is 2.31. The van der Waals surface area contributed by atoms with Crippen LogP contribution in [-0.2, 0) is 6.42 Å². The summed E-state index contributed by atoms with van der Waals surface area (Å²) in [6.07, 6.45) is 2.18. The van der Waals surface area contributed by atoms with Crippen LogP contribution in [0.15, 0.2) is 35.8 Å².